The Morgan fingerprint density at radius 2 is 1.75 bits per heavy atom. The predicted octanol–water partition coefficient (Wildman–Crippen LogP) is 3.80. The maximum absolute atomic E-state index is 13.1. The number of fused-ring (bicyclic) bond motifs is 1. The highest BCUT2D eigenvalue weighted by molar-refractivity contribution is 5.90. The lowest BCUT2D eigenvalue weighted by molar-refractivity contribution is 0.370. The Morgan fingerprint density at radius 1 is 1.04 bits per heavy atom. The fourth-order valence-electron chi connectivity index (χ4n) is 2.93. The van der Waals surface area contributed by atoms with Crippen molar-refractivity contribution in [2.24, 2.45) is 0 Å². The van der Waals surface area contributed by atoms with Crippen LogP contribution in [-0.2, 0) is 6.42 Å². The van der Waals surface area contributed by atoms with E-state index in [1.165, 1.54) is 19.2 Å². The van der Waals surface area contributed by atoms with Gasteiger partial charge in [-0.05, 0) is 26.3 Å². The summed E-state index contributed by atoms with van der Waals surface area (Å²) in [4.78, 5) is 13.1. The van der Waals surface area contributed by atoms with Gasteiger partial charge in [0.25, 0.3) is 0 Å². The highest BCUT2D eigenvalue weighted by Crippen LogP contribution is 2.40. The van der Waals surface area contributed by atoms with Gasteiger partial charge in [-0.25, -0.2) is 0 Å². The van der Waals surface area contributed by atoms with Gasteiger partial charge in [0.15, 0.2) is 11.5 Å². The third kappa shape index (κ3) is 3.22. The van der Waals surface area contributed by atoms with Crippen molar-refractivity contribution in [3.05, 3.63) is 51.9 Å². The third-order valence-electron chi connectivity index (χ3n) is 4.42. The molecule has 3 aromatic rings. The molecule has 28 heavy (non-hydrogen) atoms. The van der Waals surface area contributed by atoms with Gasteiger partial charge in [0, 0.05) is 23.3 Å². The summed E-state index contributed by atoms with van der Waals surface area (Å²) in [5, 5.41) is 40.6. The largest absolute Gasteiger partial charge is 0.507 e. The minimum absolute atomic E-state index is 0.00920. The van der Waals surface area contributed by atoms with Crippen LogP contribution in [0, 0.1) is 0 Å². The van der Waals surface area contributed by atoms with Crippen molar-refractivity contribution in [1.82, 2.24) is 0 Å². The first kappa shape index (κ1) is 19.2. The number of ether oxygens (including phenoxy) is 1. The van der Waals surface area contributed by atoms with Gasteiger partial charge in [-0.15, -0.1) is 0 Å². The molecule has 2 aromatic carbocycles. The zero-order valence-corrected chi connectivity index (χ0v) is 15.6. The number of hydrogen-bond acceptors (Lipinski definition) is 7. The number of phenols is 4. The van der Waals surface area contributed by atoms with Crippen LogP contribution in [0.2, 0.25) is 0 Å². The summed E-state index contributed by atoms with van der Waals surface area (Å²) in [6, 6.07) is 3.62. The van der Waals surface area contributed by atoms with Gasteiger partial charge >= 0.3 is 0 Å². The molecule has 0 aliphatic rings. The smallest absolute Gasteiger partial charge is 0.204 e. The van der Waals surface area contributed by atoms with Crippen molar-refractivity contribution in [3.8, 4) is 39.9 Å². The fourth-order valence-corrected chi connectivity index (χ4v) is 2.93. The monoisotopic (exact) mass is 384 g/mol. The molecular weight excluding hydrogens is 364 g/mol. The topological polar surface area (TPSA) is 120 Å². The van der Waals surface area contributed by atoms with E-state index < -0.39 is 5.43 Å². The van der Waals surface area contributed by atoms with Crippen molar-refractivity contribution in [3.63, 3.8) is 0 Å². The van der Waals surface area contributed by atoms with E-state index in [9.17, 15) is 25.2 Å². The van der Waals surface area contributed by atoms with Gasteiger partial charge in [-0.3, -0.25) is 4.79 Å². The molecule has 7 heteroatoms. The second-order valence-electron chi connectivity index (χ2n) is 6.60. The second-order valence-corrected chi connectivity index (χ2v) is 6.60. The third-order valence-corrected chi connectivity index (χ3v) is 4.42. The minimum Gasteiger partial charge on any atom is -0.507 e. The second kappa shape index (κ2) is 7.19. The number of aromatic hydroxyl groups is 4. The first-order valence-electron chi connectivity index (χ1n) is 8.47. The van der Waals surface area contributed by atoms with Gasteiger partial charge in [0.05, 0.1) is 12.7 Å². The molecule has 0 spiro atoms. The summed E-state index contributed by atoms with van der Waals surface area (Å²) in [5.74, 6) is -1.15. The van der Waals surface area contributed by atoms with Crippen LogP contribution >= 0.6 is 0 Å². The maximum atomic E-state index is 13.1. The number of benzene rings is 2. The van der Waals surface area contributed by atoms with Crippen LogP contribution in [0.3, 0.4) is 0 Å². The van der Waals surface area contributed by atoms with Crippen molar-refractivity contribution in [2.75, 3.05) is 7.11 Å². The van der Waals surface area contributed by atoms with Crippen molar-refractivity contribution < 1.29 is 29.6 Å². The number of methoxy groups -OCH3 is 1. The van der Waals surface area contributed by atoms with E-state index in [4.69, 9.17) is 9.15 Å². The molecule has 1 aromatic heterocycles. The van der Waals surface area contributed by atoms with E-state index in [1.54, 1.807) is 0 Å². The summed E-state index contributed by atoms with van der Waals surface area (Å²) < 4.78 is 10.4. The Morgan fingerprint density at radius 3 is 2.39 bits per heavy atom. The average Bonchev–Trinajstić information content (AvgIpc) is 2.62. The van der Waals surface area contributed by atoms with E-state index in [0.29, 0.717) is 0 Å². The van der Waals surface area contributed by atoms with E-state index in [1.807, 2.05) is 19.9 Å². The molecule has 0 fully saturated rings. The summed E-state index contributed by atoms with van der Waals surface area (Å²) in [6.07, 6.45) is 3.16. The Hall–Kier alpha value is -3.61. The number of hydrogen-bond donors (Lipinski definition) is 4. The predicted molar refractivity (Wildman–Crippen MR) is 104 cm³/mol. The summed E-state index contributed by atoms with van der Waals surface area (Å²) in [7, 11) is 1.34. The van der Waals surface area contributed by atoms with E-state index in [2.05, 4.69) is 0 Å². The molecule has 0 radical (unpaired) electrons. The molecule has 0 bridgehead atoms. The molecule has 7 nitrogen and oxygen atoms in total. The summed E-state index contributed by atoms with van der Waals surface area (Å²) in [5.41, 5.74) is 0.641. The number of phenolic OH excluding ortho intramolecular Hbond substituents is 4. The Kier molecular flexibility index (Phi) is 4.92. The SMILES string of the molecule is COc1cc(-c2coc3cc(O)c(CC=C(C)C)c(O)c3c2=O)c(O)cc1O. The molecule has 0 atom stereocenters. The summed E-state index contributed by atoms with van der Waals surface area (Å²) >= 11 is 0. The Balaban J connectivity index is 2.30. The van der Waals surface area contributed by atoms with Crippen LogP contribution in [0.5, 0.6) is 28.7 Å². The quantitative estimate of drug-likeness (QED) is 0.505. The highest BCUT2D eigenvalue weighted by atomic mass is 16.5. The molecule has 146 valence electrons. The molecule has 0 amide bonds. The first-order chi connectivity index (χ1) is 13.2. The normalized spacial score (nSPS) is 10.8. The van der Waals surface area contributed by atoms with Crippen molar-refractivity contribution in [1.29, 1.82) is 0 Å². The van der Waals surface area contributed by atoms with Crippen molar-refractivity contribution in [2.45, 2.75) is 20.3 Å². The van der Waals surface area contributed by atoms with E-state index in [0.717, 1.165) is 17.9 Å². The van der Waals surface area contributed by atoms with Gasteiger partial charge in [0.2, 0.25) is 5.43 Å². The first-order valence-corrected chi connectivity index (χ1v) is 8.47. The number of allylic oxidation sites excluding steroid dienone is 2. The lowest BCUT2D eigenvalue weighted by atomic mass is 10.00. The lowest BCUT2D eigenvalue weighted by Gasteiger charge is -2.11. The van der Waals surface area contributed by atoms with Gasteiger partial charge in [0.1, 0.15) is 34.5 Å². The Labute approximate surface area is 160 Å². The molecule has 0 aliphatic carbocycles. The molecule has 1 heterocycles. The highest BCUT2D eigenvalue weighted by Gasteiger charge is 2.21. The van der Waals surface area contributed by atoms with Gasteiger partial charge in [-0.2, -0.15) is 0 Å². The standard InChI is InChI=1S/C21H20O7/c1-10(2)4-5-11-15(23)8-18-19(20(11)25)21(26)13(9-28-18)12-6-17(27-3)16(24)7-14(12)22/h4,6-9,22-25H,5H2,1-3H3. The van der Waals surface area contributed by atoms with Crippen LogP contribution in [-0.4, -0.2) is 27.5 Å². The molecule has 0 aliphatic heterocycles. The molecule has 4 N–H and O–H groups in total. The lowest BCUT2D eigenvalue weighted by Crippen LogP contribution is -2.06. The molecular formula is C21H20O7. The maximum Gasteiger partial charge on any atom is 0.204 e. The zero-order valence-electron chi connectivity index (χ0n) is 15.6. The fraction of sp³-hybridized carbons (Fsp3) is 0.190. The van der Waals surface area contributed by atoms with Crippen LogP contribution in [0.4, 0.5) is 0 Å². The van der Waals surface area contributed by atoms with Gasteiger partial charge < -0.3 is 29.6 Å². The van der Waals surface area contributed by atoms with Crippen LogP contribution in [0.15, 0.2) is 45.3 Å². The van der Waals surface area contributed by atoms with Gasteiger partial charge in [-0.1, -0.05) is 11.6 Å². The molecule has 3 rings (SSSR count). The molecule has 0 saturated carbocycles. The number of rotatable bonds is 4. The van der Waals surface area contributed by atoms with Crippen molar-refractivity contribution >= 4 is 11.0 Å². The summed E-state index contributed by atoms with van der Waals surface area (Å²) in [6.45, 7) is 3.76. The minimum atomic E-state index is -0.597. The van der Waals surface area contributed by atoms with Crippen LogP contribution in [0.1, 0.15) is 19.4 Å². The average molecular weight is 384 g/mol. The zero-order chi connectivity index (χ0) is 20.6. The molecule has 0 saturated heterocycles. The van der Waals surface area contributed by atoms with E-state index in [-0.39, 0.29) is 62.8 Å². The molecule has 0 unspecified atom stereocenters. The van der Waals surface area contributed by atoms with Crippen LogP contribution in [0.25, 0.3) is 22.1 Å². The Bertz CT molecular complexity index is 1150. The van der Waals surface area contributed by atoms with Crippen LogP contribution < -0.4 is 10.2 Å². The van der Waals surface area contributed by atoms with E-state index >= 15 is 0 Å².